The van der Waals surface area contributed by atoms with E-state index in [9.17, 15) is 4.79 Å². The van der Waals surface area contributed by atoms with Crippen molar-refractivity contribution in [3.63, 3.8) is 0 Å². The Kier molecular flexibility index (Phi) is 5.04. The average Bonchev–Trinajstić information content (AvgIpc) is 2.54. The molecule has 0 aliphatic heterocycles. The van der Waals surface area contributed by atoms with E-state index in [0.29, 0.717) is 23.6 Å². The molecule has 0 N–H and O–H groups in total. The predicted octanol–water partition coefficient (Wildman–Crippen LogP) is 3.28. The molecule has 2 aromatic rings. The molecule has 0 saturated heterocycles. The molecule has 0 unspecified atom stereocenters. The molecule has 4 heteroatoms. The van der Waals surface area contributed by atoms with Gasteiger partial charge in [-0.1, -0.05) is 30.3 Å². The number of carbonyl (C=O) groups excluding carboxylic acids is 1. The van der Waals surface area contributed by atoms with E-state index in [2.05, 4.69) is 0 Å². The number of rotatable bonds is 5. The minimum absolute atomic E-state index is 0.0981. The Morgan fingerprint density at radius 3 is 2.27 bits per heavy atom. The Morgan fingerprint density at radius 1 is 1.05 bits per heavy atom. The Bertz CT molecular complexity index is 653. The normalized spacial score (nSPS) is 10.2. The minimum Gasteiger partial charge on any atom is -0.496 e. The van der Waals surface area contributed by atoms with Crippen LogP contribution in [0, 0.1) is 6.92 Å². The summed E-state index contributed by atoms with van der Waals surface area (Å²) < 4.78 is 10.7. The second-order valence-electron chi connectivity index (χ2n) is 5.17. The van der Waals surface area contributed by atoms with Crippen molar-refractivity contribution in [2.24, 2.45) is 0 Å². The van der Waals surface area contributed by atoms with E-state index >= 15 is 0 Å². The van der Waals surface area contributed by atoms with Crippen LogP contribution in [0.4, 0.5) is 0 Å². The third-order valence-corrected chi connectivity index (χ3v) is 3.56. The molecule has 116 valence electrons. The molecule has 0 spiro atoms. The maximum absolute atomic E-state index is 12.7. The molecule has 0 atom stereocenters. The highest BCUT2D eigenvalue weighted by Crippen LogP contribution is 2.29. The molecule has 2 rings (SSSR count). The van der Waals surface area contributed by atoms with Crippen molar-refractivity contribution in [1.82, 2.24) is 4.90 Å². The third kappa shape index (κ3) is 3.39. The lowest BCUT2D eigenvalue weighted by Gasteiger charge is -2.20. The van der Waals surface area contributed by atoms with Crippen LogP contribution in [0.1, 0.15) is 21.5 Å². The maximum Gasteiger partial charge on any atom is 0.257 e. The van der Waals surface area contributed by atoms with Gasteiger partial charge in [0.1, 0.15) is 11.5 Å². The molecule has 1 amide bonds. The smallest absolute Gasteiger partial charge is 0.257 e. The lowest BCUT2D eigenvalue weighted by molar-refractivity contribution is 0.0781. The van der Waals surface area contributed by atoms with Crippen molar-refractivity contribution < 1.29 is 14.3 Å². The molecule has 22 heavy (non-hydrogen) atoms. The number of carbonyl (C=O) groups is 1. The molecule has 0 fully saturated rings. The number of aryl methyl sites for hydroxylation is 1. The Labute approximate surface area is 131 Å². The van der Waals surface area contributed by atoms with E-state index in [4.69, 9.17) is 9.47 Å². The zero-order chi connectivity index (χ0) is 16.1. The van der Waals surface area contributed by atoms with Crippen LogP contribution in [0.2, 0.25) is 0 Å². The van der Waals surface area contributed by atoms with Gasteiger partial charge in [-0.05, 0) is 30.2 Å². The molecule has 0 bridgehead atoms. The summed E-state index contributed by atoms with van der Waals surface area (Å²) in [6.07, 6.45) is 0. The van der Waals surface area contributed by atoms with Crippen LogP contribution in [-0.2, 0) is 6.54 Å². The first-order valence-corrected chi connectivity index (χ1v) is 7.08. The first kappa shape index (κ1) is 15.9. The van der Waals surface area contributed by atoms with Crippen LogP contribution < -0.4 is 9.47 Å². The summed E-state index contributed by atoms with van der Waals surface area (Å²) >= 11 is 0. The van der Waals surface area contributed by atoms with Crippen LogP contribution >= 0.6 is 0 Å². The van der Waals surface area contributed by atoms with Crippen LogP contribution in [0.15, 0.2) is 42.5 Å². The SMILES string of the molecule is COc1cc(C(=O)N(C)Cc2ccccc2)c(OC)cc1C. The first-order chi connectivity index (χ1) is 10.6. The lowest BCUT2D eigenvalue weighted by Crippen LogP contribution is -2.26. The number of benzene rings is 2. The fraction of sp³-hybridized carbons (Fsp3) is 0.278. The summed E-state index contributed by atoms with van der Waals surface area (Å²) in [7, 11) is 4.94. The zero-order valence-electron chi connectivity index (χ0n) is 13.4. The van der Waals surface area contributed by atoms with E-state index in [1.807, 2.05) is 43.3 Å². The van der Waals surface area contributed by atoms with Gasteiger partial charge in [-0.25, -0.2) is 0 Å². The second-order valence-corrected chi connectivity index (χ2v) is 5.17. The largest absolute Gasteiger partial charge is 0.496 e. The molecule has 4 nitrogen and oxygen atoms in total. The number of nitrogens with zero attached hydrogens (tertiary/aromatic N) is 1. The number of amides is 1. The van der Waals surface area contributed by atoms with Crippen LogP contribution in [-0.4, -0.2) is 32.1 Å². The number of methoxy groups -OCH3 is 2. The van der Waals surface area contributed by atoms with Gasteiger partial charge in [0.05, 0.1) is 19.8 Å². The quantitative estimate of drug-likeness (QED) is 0.850. The van der Waals surface area contributed by atoms with E-state index in [1.54, 1.807) is 32.2 Å². The fourth-order valence-electron chi connectivity index (χ4n) is 2.35. The average molecular weight is 299 g/mol. The Hall–Kier alpha value is -2.49. The summed E-state index contributed by atoms with van der Waals surface area (Å²) in [6.45, 7) is 2.46. The molecular formula is C18H21NO3. The van der Waals surface area contributed by atoms with Crippen molar-refractivity contribution in [1.29, 1.82) is 0 Å². The molecule has 0 saturated carbocycles. The topological polar surface area (TPSA) is 38.8 Å². The van der Waals surface area contributed by atoms with E-state index in [1.165, 1.54) is 0 Å². The van der Waals surface area contributed by atoms with Gasteiger partial charge in [-0.2, -0.15) is 0 Å². The number of hydrogen-bond donors (Lipinski definition) is 0. The van der Waals surface area contributed by atoms with Gasteiger partial charge in [0, 0.05) is 13.6 Å². The van der Waals surface area contributed by atoms with E-state index < -0.39 is 0 Å². The lowest BCUT2D eigenvalue weighted by atomic mass is 10.1. The highest BCUT2D eigenvalue weighted by molar-refractivity contribution is 5.97. The van der Waals surface area contributed by atoms with Gasteiger partial charge in [0.15, 0.2) is 0 Å². The Morgan fingerprint density at radius 2 is 1.68 bits per heavy atom. The van der Waals surface area contributed by atoms with Crippen LogP contribution in [0.3, 0.4) is 0 Å². The minimum atomic E-state index is -0.0981. The zero-order valence-corrected chi connectivity index (χ0v) is 13.4. The van der Waals surface area contributed by atoms with Crippen molar-refractivity contribution >= 4 is 5.91 Å². The summed E-state index contributed by atoms with van der Waals surface area (Å²) in [5.74, 6) is 1.14. The standard InChI is InChI=1S/C18H21NO3/c1-13-10-17(22-4)15(11-16(13)21-3)18(20)19(2)12-14-8-6-5-7-9-14/h5-11H,12H2,1-4H3. The van der Waals surface area contributed by atoms with Crippen LogP contribution in [0.25, 0.3) is 0 Å². The van der Waals surface area contributed by atoms with Gasteiger partial charge in [0.25, 0.3) is 5.91 Å². The molecule has 0 aliphatic carbocycles. The second kappa shape index (κ2) is 6.98. The number of ether oxygens (including phenoxy) is 2. The van der Waals surface area contributed by atoms with Gasteiger partial charge in [-0.3, -0.25) is 4.79 Å². The van der Waals surface area contributed by atoms with Crippen molar-refractivity contribution in [3.8, 4) is 11.5 Å². The summed E-state index contributed by atoms with van der Waals surface area (Å²) in [6, 6.07) is 13.4. The van der Waals surface area contributed by atoms with Gasteiger partial charge < -0.3 is 14.4 Å². The molecule has 0 aromatic heterocycles. The Balaban J connectivity index is 2.28. The fourth-order valence-corrected chi connectivity index (χ4v) is 2.35. The van der Waals surface area contributed by atoms with Crippen LogP contribution in [0.5, 0.6) is 11.5 Å². The predicted molar refractivity (Wildman–Crippen MR) is 86.5 cm³/mol. The molecule has 0 radical (unpaired) electrons. The number of hydrogen-bond acceptors (Lipinski definition) is 3. The van der Waals surface area contributed by atoms with Gasteiger partial charge >= 0.3 is 0 Å². The van der Waals surface area contributed by atoms with Crippen molar-refractivity contribution in [2.75, 3.05) is 21.3 Å². The van der Waals surface area contributed by atoms with Gasteiger partial charge in [-0.15, -0.1) is 0 Å². The highest BCUT2D eigenvalue weighted by atomic mass is 16.5. The van der Waals surface area contributed by atoms with Crippen molar-refractivity contribution in [3.05, 3.63) is 59.2 Å². The molecular weight excluding hydrogens is 278 g/mol. The van der Waals surface area contributed by atoms with E-state index in [-0.39, 0.29) is 5.91 Å². The van der Waals surface area contributed by atoms with Crippen molar-refractivity contribution in [2.45, 2.75) is 13.5 Å². The highest BCUT2D eigenvalue weighted by Gasteiger charge is 2.19. The molecule has 2 aromatic carbocycles. The molecule has 0 heterocycles. The summed E-state index contributed by atoms with van der Waals surface area (Å²) in [5.41, 5.74) is 2.52. The monoisotopic (exact) mass is 299 g/mol. The first-order valence-electron chi connectivity index (χ1n) is 7.08. The summed E-state index contributed by atoms with van der Waals surface area (Å²) in [5, 5.41) is 0. The molecule has 0 aliphatic rings. The van der Waals surface area contributed by atoms with Gasteiger partial charge in [0.2, 0.25) is 0 Å². The third-order valence-electron chi connectivity index (χ3n) is 3.56. The maximum atomic E-state index is 12.7. The summed E-state index contributed by atoms with van der Waals surface area (Å²) in [4.78, 5) is 14.4. The van der Waals surface area contributed by atoms with E-state index in [0.717, 1.165) is 11.1 Å².